The van der Waals surface area contributed by atoms with E-state index in [4.69, 9.17) is 4.74 Å². The average Bonchev–Trinajstić information content (AvgIpc) is 2.90. The zero-order valence-electron chi connectivity index (χ0n) is 12.2. The first kappa shape index (κ1) is 14.3. The summed E-state index contributed by atoms with van der Waals surface area (Å²) in [5.74, 6) is 1.28. The van der Waals surface area contributed by atoms with E-state index in [1.54, 1.807) is 11.7 Å². The number of nitrogens with zero attached hydrogens (tertiary/aromatic N) is 2. The Morgan fingerprint density at radius 1 is 1.09 bits per heavy atom. The molecule has 0 aliphatic rings. The van der Waals surface area contributed by atoms with E-state index in [1.165, 1.54) is 0 Å². The molecule has 5 nitrogen and oxygen atoms in total. The fourth-order valence-electron chi connectivity index (χ4n) is 2.05. The Bertz CT molecular complexity index is 820. The fourth-order valence-corrected chi connectivity index (χ4v) is 2.62. The van der Waals surface area contributed by atoms with Gasteiger partial charge in [-0.3, -0.25) is 4.79 Å². The van der Waals surface area contributed by atoms with E-state index in [1.807, 2.05) is 55.5 Å². The van der Waals surface area contributed by atoms with Crippen molar-refractivity contribution in [2.75, 3.05) is 12.4 Å². The van der Waals surface area contributed by atoms with Crippen LogP contribution in [0.25, 0.3) is 5.69 Å². The third kappa shape index (κ3) is 2.87. The quantitative estimate of drug-likeness (QED) is 0.802. The van der Waals surface area contributed by atoms with Crippen LogP contribution in [0.4, 0.5) is 11.6 Å². The van der Waals surface area contributed by atoms with Gasteiger partial charge in [-0.25, -0.2) is 4.57 Å². The molecule has 0 aliphatic heterocycles. The van der Waals surface area contributed by atoms with Gasteiger partial charge in [0.25, 0.3) is 0 Å². The number of hydrogen-bond acceptors (Lipinski definition) is 5. The van der Waals surface area contributed by atoms with Gasteiger partial charge in [0.05, 0.1) is 12.8 Å². The summed E-state index contributed by atoms with van der Waals surface area (Å²) >= 11 is 0.927. The monoisotopic (exact) mass is 313 g/mol. The lowest BCUT2D eigenvalue weighted by Gasteiger charge is -2.09. The molecule has 0 atom stereocenters. The van der Waals surface area contributed by atoms with Crippen LogP contribution in [-0.2, 0) is 0 Å². The number of methoxy groups -OCH3 is 1. The van der Waals surface area contributed by atoms with Gasteiger partial charge < -0.3 is 10.1 Å². The van der Waals surface area contributed by atoms with Crippen LogP contribution in [0, 0.1) is 6.92 Å². The summed E-state index contributed by atoms with van der Waals surface area (Å²) in [6.45, 7) is 2.01. The topological polar surface area (TPSA) is 56.1 Å². The average molecular weight is 313 g/mol. The molecule has 0 saturated heterocycles. The predicted molar refractivity (Wildman–Crippen MR) is 88.7 cm³/mol. The first-order valence-corrected chi connectivity index (χ1v) is 7.51. The lowest BCUT2D eigenvalue weighted by atomic mass is 10.2. The van der Waals surface area contributed by atoms with E-state index in [-0.39, 0.29) is 4.87 Å². The Labute approximate surface area is 132 Å². The third-order valence-corrected chi connectivity index (χ3v) is 3.85. The minimum Gasteiger partial charge on any atom is -0.497 e. The number of aromatic nitrogens is 2. The number of benzene rings is 2. The maximum atomic E-state index is 12.1. The van der Waals surface area contributed by atoms with Crippen LogP contribution >= 0.6 is 11.5 Å². The van der Waals surface area contributed by atoms with E-state index in [0.717, 1.165) is 34.2 Å². The largest absolute Gasteiger partial charge is 0.497 e. The first-order chi connectivity index (χ1) is 10.7. The Morgan fingerprint density at radius 2 is 1.77 bits per heavy atom. The first-order valence-electron chi connectivity index (χ1n) is 6.74. The molecule has 0 saturated carbocycles. The highest BCUT2D eigenvalue weighted by atomic mass is 32.1. The molecule has 6 heteroatoms. The van der Waals surface area contributed by atoms with Gasteiger partial charge in [-0.05, 0) is 43.3 Å². The van der Waals surface area contributed by atoms with Crippen LogP contribution in [0.2, 0.25) is 0 Å². The number of aryl methyl sites for hydroxylation is 1. The SMILES string of the molecule is COc1ccc(Nc2nsc(=O)n2-c2ccc(C)cc2)cc1. The van der Waals surface area contributed by atoms with Crippen molar-refractivity contribution >= 4 is 23.2 Å². The Morgan fingerprint density at radius 3 is 2.41 bits per heavy atom. The molecule has 1 heterocycles. The number of hydrogen-bond donors (Lipinski definition) is 1. The Balaban J connectivity index is 1.94. The number of rotatable bonds is 4. The van der Waals surface area contributed by atoms with Crippen molar-refractivity contribution in [2.45, 2.75) is 6.92 Å². The summed E-state index contributed by atoms with van der Waals surface area (Å²) < 4.78 is 10.9. The molecule has 22 heavy (non-hydrogen) atoms. The molecular formula is C16H15N3O2S. The molecule has 0 amide bonds. The van der Waals surface area contributed by atoms with E-state index >= 15 is 0 Å². The minimum atomic E-state index is -0.125. The van der Waals surface area contributed by atoms with Crippen molar-refractivity contribution in [3.05, 3.63) is 63.8 Å². The maximum absolute atomic E-state index is 12.1. The molecule has 1 N–H and O–H groups in total. The Hall–Kier alpha value is -2.60. The van der Waals surface area contributed by atoms with Crippen LogP contribution < -0.4 is 14.9 Å². The molecule has 0 spiro atoms. The van der Waals surface area contributed by atoms with Crippen LogP contribution in [0.1, 0.15) is 5.56 Å². The van der Waals surface area contributed by atoms with Gasteiger partial charge in [0.1, 0.15) is 5.75 Å². The molecule has 112 valence electrons. The smallest absolute Gasteiger partial charge is 0.332 e. The lowest BCUT2D eigenvalue weighted by Crippen LogP contribution is -2.13. The summed E-state index contributed by atoms with van der Waals surface area (Å²) in [6.07, 6.45) is 0. The van der Waals surface area contributed by atoms with Crippen molar-refractivity contribution < 1.29 is 4.74 Å². The molecule has 3 aromatic rings. The van der Waals surface area contributed by atoms with E-state index in [9.17, 15) is 4.79 Å². The summed E-state index contributed by atoms with van der Waals surface area (Å²) in [7, 11) is 1.62. The summed E-state index contributed by atoms with van der Waals surface area (Å²) in [5, 5.41) is 3.16. The van der Waals surface area contributed by atoms with Gasteiger partial charge >= 0.3 is 4.87 Å². The maximum Gasteiger partial charge on any atom is 0.332 e. The van der Waals surface area contributed by atoms with E-state index < -0.39 is 0 Å². The Kier molecular flexibility index (Phi) is 3.93. The fraction of sp³-hybridized carbons (Fsp3) is 0.125. The second-order valence-corrected chi connectivity index (χ2v) is 5.51. The zero-order chi connectivity index (χ0) is 15.5. The summed E-state index contributed by atoms with van der Waals surface area (Å²) in [4.78, 5) is 11.9. The second-order valence-electron chi connectivity index (χ2n) is 4.80. The highest BCUT2D eigenvalue weighted by Crippen LogP contribution is 2.20. The van der Waals surface area contributed by atoms with Gasteiger partial charge in [-0.2, -0.15) is 4.37 Å². The molecule has 3 rings (SSSR count). The van der Waals surface area contributed by atoms with Crippen molar-refractivity contribution in [1.29, 1.82) is 0 Å². The van der Waals surface area contributed by atoms with Crippen molar-refractivity contribution in [3.8, 4) is 11.4 Å². The molecule has 2 aromatic carbocycles. The van der Waals surface area contributed by atoms with E-state index in [0.29, 0.717) is 5.95 Å². The molecule has 0 fully saturated rings. The third-order valence-electron chi connectivity index (χ3n) is 3.24. The van der Waals surface area contributed by atoms with Crippen molar-refractivity contribution in [1.82, 2.24) is 8.94 Å². The van der Waals surface area contributed by atoms with Gasteiger partial charge in [0, 0.05) is 17.2 Å². The predicted octanol–water partition coefficient (Wildman–Crippen LogP) is 3.35. The lowest BCUT2D eigenvalue weighted by molar-refractivity contribution is 0.415. The highest BCUT2D eigenvalue weighted by molar-refractivity contribution is 7.03. The molecule has 0 unspecified atom stereocenters. The van der Waals surface area contributed by atoms with Gasteiger partial charge in [-0.15, -0.1) is 0 Å². The highest BCUT2D eigenvalue weighted by Gasteiger charge is 2.11. The standard InChI is InChI=1S/C16H15N3O2S/c1-11-3-7-13(8-4-11)19-15(18-22-16(19)20)17-12-5-9-14(21-2)10-6-12/h3-10H,1-2H3,(H,17,18). The van der Waals surface area contributed by atoms with E-state index in [2.05, 4.69) is 9.69 Å². The molecule has 1 aromatic heterocycles. The number of anilines is 2. The summed E-state index contributed by atoms with van der Waals surface area (Å²) in [5.41, 5.74) is 2.77. The number of ether oxygens (including phenoxy) is 1. The van der Waals surface area contributed by atoms with Crippen molar-refractivity contribution in [2.24, 2.45) is 0 Å². The molecule has 0 bridgehead atoms. The van der Waals surface area contributed by atoms with Gasteiger partial charge in [0.2, 0.25) is 5.95 Å². The van der Waals surface area contributed by atoms with Gasteiger partial charge in [-0.1, -0.05) is 17.7 Å². The van der Waals surface area contributed by atoms with Crippen LogP contribution in [0.3, 0.4) is 0 Å². The molecule has 0 radical (unpaired) electrons. The minimum absolute atomic E-state index is 0.125. The molecule has 0 aliphatic carbocycles. The second kappa shape index (κ2) is 6.03. The molecular weight excluding hydrogens is 298 g/mol. The van der Waals surface area contributed by atoms with Gasteiger partial charge in [0.15, 0.2) is 0 Å². The van der Waals surface area contributed by atoms with Crippen molar-refractivity contribution in [3.63, 3.8) is 0 Å². The van der Waals surface area contributed by atoms with Crippen LogP contribution in [0.5, 0.6) is 5.75 Å². The summed E-state index contributed by atoms with van der Waals surface area (Å²) in [6, 6.07) is 15.2. The number of nitrogens with one attached hydrogen (secondary N) is 1. The van der Waals surface area contributed by atoms with Crippen LogP contribution in [-0.4, -0.2) is 16.1 Å². The zero-order valence-corrected chi connectivity index (χ0v) is 13.1. The van der Waals surface area contributed by atoms with Crippen LogP contribution in [0.15, 0.2) is 53.3 Å². The normalized spacial score (nSPS) is 10.5.